The molecule has 1 aromatic carbocycles. The van der Waals surface area contributed by atoms with Gasteiger partial charge >= 0.3 is 12.3 Å². The van der Waals surface area contributed by atoms with Crippen molar-refractivity contribution >= 4 is 25.1 Å². The molecule has 0 saturated heterocycles. The molecule has 20 heavy (non-hydrogen) atoms. The number of carbonyl (C=O) groups excluding carboxylic acids is 1. The number of alkyl halides is 3. The van der Waals surface area contributed by atoms with E-state index in [1.807, 2.05) is 5.32 Å². The van der Waals surface area contributed by atoms with Crippen molar-refractivity contribution in [3.63, 3.8) is 0 Å². The molecule has 1 amide bonds. The van der Waals surface area contributed by atoms with Crippen LogP contribution in [0.2, 0.25) is 0 Å². The van der Waals surface area contributed by atoms with Crippen LogP contribution < -0.4 is 10.8 Å². The highest BCUT2D eigenvalue weighted by molar-refractivity contribution is 6.36. The van der Waals surface area contributed by atoms with E-state index in [0.717, 1.165) is 6.07 Å². The van der Waals surface area contributed by atoms with E-state index in [9.17, 15) is 22.4 Å². The Morgan fingerprint density at radius 1 is 1.25 bits per heavy atom. The first kappa shape index (κ1) is 16.3. The van der Waals surface area contributed by atoms with Gasteiger partial charge in [0.1, 0.15) is 13.4 Å². The Hall–Kier alpha value is -1.73. The normalized spacial score (nSPS) is 12.2. The summed E-state index contributed by atoms with van der Waals surface area (Å²) in [6, 6.07) is 1.71. The zero-order chi connectivity index (χ0) is 15.7. The zero-order valence-corrected chi connectivity index (χ0v) is 11.5. The summed E-state index contributed by atoms with van der Waals surface area (Å²) in [6.07, 6.45) is -5.85. The monoisotopic (exact) mass is 291 g/mol. The largest absolute Gasteiger partial charge is 0.444 e. The lowest BCUT2D eigenvalue weighted by Crippen LogP contribution is -2.30. The van der Waals surface area contributed by atoms with E-state index in [-0.39, 0.29) is 5.46 Å². The molecule has 0 saturated carbocycles. The predicted molar refractivity (Wildman–Crippen MR) is 69.4 cm³/mol. The molecule has 3 nitrogen and oxygen atoms in total. The Bertz CT molecular complexity index is 523. The molecule has 0 fully saturated rings. The molecule has 0 aromatic heterocycles. The number of halogens is 4. The van der Waals surface area contributed by atoms with Gasteiger partial charge < -0.3 is 4.74 Å². The topological polar surface area (TPSA) is 38.3 Å². The number of rotatable bonds is 1. The molecule has 0 aliphatic carbocycles. The number of amides is 1. The molecule has 0 radical (unpaired) electrons. The van der Waals surface area contributed by atoms with Gasteiger partial charge in [-0.3, -0.25) is 5.32 Å². The highest BCUT2D eigenvalue weighted by atomic mass is 19.4. The van der Waals surface area contributed by atoms with Crippen molar-refractivity contribution in [3.8, 4) is 0 Å². The van der Waals surface area contributed by atoms with Crippen molar-refractivity contribution in [1.29, 1.82) is 0 Å². The molecular formula is C12H14BF4NO2. The molecule has 0 aliphatic rings. The number of nitrogens with one attached hydrogen (secondary N) is 1. The van der Waals surface area contributed by atoms with Crippen LogP contribution in [-0.2, 0) is 10.9 Å². The summed E-state index contributed by atoms with van der Waals surface area (Å²) >= 11 is 0. The molecule has 0 aliphatic heterocycles. The van der Waals surface area contributed by atoms with Gasteiger partial charge in [0.05, 0.1) is 11.3 Å². The second-order valence-electron chi connectivity index (χ2n) is 5.24. The van der Waals surface area contributed by atoms with Gasteiger partial charge in [-0.1, -0.05) is 11.5 Å². The Morgan fingerprint density at radius 2 is 1.80 bits per heavy atom. The third-order valence-corrected chi connectivity index (χ3v) is 2.28. The van der Waals surface area contributed by atoms with Crippen molar-refractivity contribution in [2.45, 2.75) is 32.5 Å². The van der Waals surface area contributed by atoms with Crippen molar-refractivity contribution in [2.24, 2.45) is 0 Å². The quantitative estimate of drug-likeness (QED) is 0.637. The molecule has 0 heterocycles. The van der Waals surface area contributed by atoms with Gasteiger partial charge in [0.25, 0.3) is 0 Å². The minimum Gasteiger partial charge on any atom is -0.444 e. The summed E-state index contributed by atoms with van der Waals surface area (Å²) in [5, 5.41) is 2.01. The van der Waals surface area contributed by atoms with Crippen molar-refractivity contribution in [2.75, 3.05) is 5.32 Å². The zero-order valence-electron chi connectivity index (χ0n) is 11.5. The van der Waals surface area contributed by atoms with Gasteiger partial charge in [0, 0.05) is 0 Å². The van der Waals surface area contributed by atoms with Gasteiger partial charge in [-0.05, 0) is 26.8 Å². The number of hydrogen-bond donors (Lipinski definition) is 1. The lowest BCUT2D eigenvalue weighted by atomic mass is 9.92. The average molecular weight is 291 g/mol. The molecule has 1 rings (SSSR count). The van der Waals surface area contributed by atoms with Gasteiger partial charge in [0.2, 0.25) is 0 Å². The van der Waals surface area contributed by atoms with E-state index in [1.165, 1.54) is 7.85 Å². The van der Waals surface area contributed by atoms with E-state index < -0.39 is 34.9 Å². The Balaban J connectivity index is 3.10. The van der Waals surface area contributed by atoms with Crippen LogP contribution in [0.4, 0.5) is 28.0 Å². The standard InChI is InChI=1S/C12H14BF4NO2/c1-11(2,3)20-10(19)18-9-7(13)5-4-6(8(9)14)12(15,16)17/h4-5H,13H2,1-3H3,(H,18,19). The minimum atomic E-state index is -4.83. The summed E-state index contributed by atoms with van der Waals surface area (Å²) in [7, 11) is 1.38. The van der Waals surface area contributed by atoms with Crippen LogP contribution in [0, 0.1) is 5.82 Å². The SMILES string of the molecule is Bc1ccc(C(F)(F)F)c(F)c1NC(=O)OC(C)(C)C. The molecular weight excluding hydrogens is 277 g/mol. The van der Waals surface area contributed by atoms with Crippen molar-refractivity contribution < 1.29 is 27.1 Å². The van der Waals surface area contributed by atoms with Crippen LogP contribution in [0.1, 0.15) is 26.3 Å². The van der Waals surface area contributed by atoms with E-state index in [0.29, 0.717) is 6.07 Å². The molecule has 8 heteroatoms. The smallest absolute Gasteiger partial charge is 0.419 e. The lowest BCUT2D eigenvalue weighted by Gasteiger charge is -2.21. The second kappa shape index (κ2) is 5.34. The minimum absolute atomic E-state index is 0.168. The third-order valence-electron chi connectivity index (χ3n) is 2.28. The fourth-order valence-electron chi connectivity index (χ4n) is 1.45. The maximum Gasteiger partial charge on any atom is 0.419 e. The fourth-order valence-corrected chi connectivity index (χ4v) is 1.45. The molecule has 1 N–H and O–H groups in total. The van der Waals surface area contributed by atoms with Crippen molar-refractivity contribution in [3.05, 3.63) is 23.5 Å². The maximum atomic E-state index is 13.8. The van der Waals surface area contributed by atoms with E-state index in [4.69, 9.17) is 4.74 Å². The third kappa shape index (κ3) is 4.14. The van der Waals surface area contributed by atoms with Gasteiger partial charge in [-0.2, -0.15) is 13.2 Å². The Labute approximate surface area is 114 Å². The van der Waals surface area contributed by atoms with E-state index in [1.54, 1.807) is 20.8 Å². The van der Waals surface area contributed by atoms with Crippen LogP contribution in [0.3, 0.4) is 0 Å². The summed E-state index contributed by atoms with van der Waals surface area (Å²) in [6.45, 7) is 4.76. The van der Waals surface area contributed by atoms with Crippen molar-refractivity contribution in [1.82, 2.24) is 0 Å². The lowest BCUT2D eigenvalue weighted by molar-refractivity contribution is -0.139. The molecule has 0 atom stereocenters. The highest BCUT2D eigenvalue weighted by Gasteiger charge is 2.35. The van der Waals surface area contributed by atoms with Gasteiger partial charge in [-0.15, -0.1) is 0 Å². The first-order valence-electron chi connectivity index (χ1n) is 5.78. The fraction of sp³-hybridized carbons (Fsp3) is 0.417. The van der Waals surface area contributed by atoms with Crippen LogP contribution in [-0.4, -0.2) is 19.5 Å². The van der Waals surface area contributed by atoms with E-state index in [2.05, 4.69) is 0 Å². The number of anilines is 1. The van der Waals surface area contributed by atoms with Gasteiger partial charge in [-0.25, -0.2) is 9.18 Å². The summed E-state index contributed by atoms with van der Waals surface area (Å²) in [5.74, 6) is -1.52. The summed E-state index contributed by atoms with van der Waals surface area (Å²) in [4.78, 5) is 11.5. The van der Waals surface area contributed by atoms with Crippen LogP contribution in [0.25, 0.3) is 0 Å². The average Bonchev–Trinajstić information content (AvgIpc) is 2.19. The molecule has 110 valence electrons. The summed E-state index contributed by atoms with van der Waals surface area (Å²) < 4.78 is 56.5. The number of hydrogen-bond acceptors (Lipinski definition) is 2. The predicted octanol–water partition coefficient (Wildman–Crippen LogP) is 2.45. The number of carbonyl (C=O) groups is 1. The maximum absolute atomic E-state index is 13.8. The molecule has 1 aromatic rings. The molecule has 0 bridgehead atoms. The summed E-state index contributed by atoms with van der Waals surface area (Å²) in [5.41, 5.74) is -2.64. The van der Waals surface area contributed by atoms with Crippen LogP contribution >= 0.6 is 0 Å². The second-order valence-corrected chi connectivity index (χ2v) is 5.24. The first-order chi connectivity index (χ1) is 8.92. The number of ether oxygens (including phenoxy) is 1. The molecule has 0 unspecified atom stereocenters. The van der Waals surface area contributed by atoms with Crippen LogP contribution in [0.15, 0.2) is 12.1 Å². The molecule has 0 spiro atoms. The highest BCUT2D eigenvalue weighted by Crippen LogP contribution is 2.33. The Kier molecular flexibility index (Phi) is 4.36. The first-order valence-corrected chi connectivity index (χ1v) is 5.78. The van der Waals surface area contributed by atoms with E-state index >= 15 is 0 Å². The Morgan fingerprint density at radius 3 is 2.25 bits per heavy atom. The van der Waals surface area contributed by atoms with Crippen LogP contribution in [0.5, 0.6) is 0 Å². The number of benzene rings is 1. The van der Waals surface area contributed by atoms with Gasteiger partial charge in [0.15, 0.2) is 5.82 Å².